The van der Waals surface area contributed by atoms with Crippen molar-refractivity contribution in [2.45, 2.75) is 51.9 Å². The second-order valence-corrected chi connectivity index (χ2v) is 12.5. The van der Waals surface area contributed by atoms with Gasteiger partial charge in [-0.2, -0.15) is 0 Å². The Bertz CT molecular complexity index is 132. The molecule has 0 spiro atoms. The van der Waals surface area contributed by atoms with Crippen LogP contribution < -0.4 is 0 Å². The van der Waals surface area contributed by atoms with E-state index in [1.54, 1.807) is 0 Å². The molecule has 0 aliphatic rings. The highest BCUT2D eigenvalue weighted by atomic mass is 31.2. The van der Waals surface area contributed by atoms with E-state index >= 15 is 0 Å². The molecule has 0 aromatic heterocycles. The summed E-state index contributed by atoms with van der Waals surface area (Å²) in [5, 5.41) is 1.08. The van der Waals surface area contributed by atoms with Crippen molar-refractivity contribution in [1.82, 2.24) is 0 Å². The van der Waals surface area contributed by atoms with Crippen LogP contribution in [0.1, 0.15) is 41.5 Å². The molecule has 0 heterocycles. The zero-order valence-electron chi connectivity index (χ0n) is 10.6. The van der Waals surface area contributed by atoms with Crippen LogP contribution in [0.15, 0.2) is 0 Å². The van der Waals surface area contributed by atoms with Gasteiger partial charge in [0.1, 0.15) is 0 Å². The van der Waals surface area contributed by atoms with Gasteiger partial charge in [-0.05, 0) is 29.5 Å². The first-order valence-electron chi connectivity index (χ1n) is 4.97. The summed E-state index contributed by atoms with van der Waals surface area (Å²) >= 11 is 0. The Labute approximate surface area is 87.4 Å². The maximum absolute atomic E-state index is 2.46. The Morgan fingerprint density at radius 1 is 0.692 bits per heavy atom. The second-order valence-electron chi connectivity index (χ2n) is 5.88. The highest BCUT2D eigenvalue weighted by Crippen LogP contribution is 2.59. The minimum Gasteiger partial charge on any atom is -0.1000 e. The smallest absolute Gasteiger partial charge is 0.0116 e. The maximum atomic E-state index is 2.46. The van der Waals surface area contributed by atoms with Crippen molar-refractivity contribution in [2.75, 3.05) is 19.2 Å². The molecule has 2 heteroatoms. The molecular formula is C11H26P2. The average Bonchev–Trinajstić information content (AvgIpc) is 1.82. The van der Waals surface area contributed by atoms with Gasteiger partial charge in [0.2, 0.25) is 0 Å². The van der Waals surface area contributed by atoms with E-state index in [2.05, 4.69) is 54.9 Å². The van der Waals surface area contributed by atoms with Gasteiger partial charge in [-0.25, -0.2) is 0 Å². The highest BCUT2D eigenvalue weighted by Gasteiger charge is 2.26. The third-order valence-electron chi connectivity index (χ3n) is 2.71. The van der Waals surface area contributed by atoms with Crippen LogP contribution in [-0.2, 0) is 0 Å². The van der Waals surface area contributed by atoms with E-state index in [4.69, 9.17) is 0 Å². The van der Waals surface area contributed by atoms with Crippen molar-refractivity contribution in [3.05, 3.63) is 0 Å². The van der Waals surface area contributed by atoms with Crippen LogP contribution in [0.4, 0.5) is 0 Å². The maximum Gasteiger partial charge on any atom is -0.0116 e. The van der Waals surface area contributed by atoms with E-state index in [1.807, 2.05) is 0 Å². The molecule has 0 saturated heterocycles. The first kappa shape index (κ1) is 13.9. The highest BCUT2D eigenvalue weighted by molar-refractivity contribution is 7.75. The lowest BCUT2D eigenvalue weighted by molar-refractivity contribution is 0.778. The Morgan fingerprint density at radius 2 is 0.923 bits per heavy atom. The number of rotatable bonds is 2. The Kier molecular flexibility index (Phi) is 4.89. The molecule has 0 fully saturated rings. The fraction of sp³-hybridized carbons (Fsp3) is 1.00. The number of hydrogen-bond acceptors (Lipinski definition) is 0. The third kappa shape index (κ3) is 5.34. The van der Waals surface area contributed by atoms with Crippen molar-refractivity contribution in [3.8, 4) is 0 Å². The van der Waals surface area contributed by atoms with Crippen LogP contribution in [0, 0.1) is 0 Å². The molecule has 0 aliphatic carbocycles. The predicted octanol–water partition coefficient (Wildman–Crippen LogP) is 4.76. The van der Waals surface area contributed by atoms with Gasteiger partial charge in [0.15, 0.2) is 0 Å². The zero-order chi connectivity index (χ0) is 10.9. The van der Waals surface area contributed by atoms with Gasteiger partial charge in [-0.3, -0.25) is 0 Å². The van der Waals surface area contributed by atoms with Crippen molar-refractivity contribution in [1.29, 1.82) is 0 Å². The van der Waals surface area contributed by atoms with Gasteiger partial charge in [0.05, 0.1) is 0 Å². The van der Waals surface area contributed by atoms with Crippen molar-refractivity contribution in [2.24, 2.45) is 0 Å². The van der Waals surface area contributed by atoms with Crippen LogP contribution >= 0.6 is 15.8 Å². The molecule has 1 unspecified atom stereocenters. The van der Waals surface area contributed by atoms with Gasteiger partial charge < -0.3 is 0 Å². The standard InChI is InChI=1S/C11H26P2/c1-10(2,3)12(7)9-13(8)11(4,5)6/h9H2,1-8H3/t12-,13?/m1/s1. The molecule has 0 nitrogen and oxygen atoms in total. The summed E-state index contributed by atoms with van der Waals surface area (Å²) in [6, 6.07) is 0. The molecule has 80 valence electrons. The zero-order valence-corrected chi connectivity index (χ0v) is 12.4. The van der Waals surface area contributed by atoms with Gasteiger partial charge in [0.25, 0.3) is 0 Å². The van der Waals surface area contributed by atoms with Crippen LogP contribution in [-0.4, -0.2) is 29.5 Å². The molecular weight excluding hydrogens is 194 g/mol. The summed E-state index contributed by atoms with van der Waals surface area (Å²) in [5.74, 6) is 1.47. The summed E-state index contributed by atoms with van der Waals surface area (Å²) in [6.07, 6.45) is 0. The molecule has 13 heavy (non-hydrogen) atoms. The molecule has 2 atom stereocenters. The third-order valence-corrected chi connectivity index (χ3v) is 10.7. The van der Waals surface area contributed by atoms with Crippen molar-refractivity contribution < 1.29 is 0 Å². The first-order valence-corrected chi connectivity index (χ1v) is 8.92. The van der Waals surface area contributed by atoms with Crippen LogP contribution in [0.5, 0.6) is 0 Å². The molecule has 0 radical (unpaired) electrons. The van der Waals surface area contributed by atoms with E-state index in [0.29, 0.717) is 10.3 Å². The van der Waals surface area contributed by atoms with Crippen LogP contribution in [0.2, 0.25) is 0 Å². The topological polar surface area (TPSA) is 0 Å². The minimum atomic E-state index is 0.204. The quantitative estimate of drug-likeness (QED) is 0.588. The second kappa shape index (κ2) is 4.59. The predicted molar refractivity (Wildman–Crippen MR) is 70.1 cm³/mol. The summed E-state index contributed by atoms with van der Waals surface area (Å²) in [5.41, 5.74) is 0. The summed E-state index contributed by atoms with van der Waals surface area (Å²) in [7, 11) is 0.407. The van der Waals surface area contributed by atoms with E-state index < -0.39 is 0 Å². The molecule has 0 aromatic rings. The monoisotopic (exact) mass is 220 g/mol. The largest absolute Gasteiger partial charge is 0.1000 e. The molecule has 0 bridgehead atoms. The fourth-order valence-electron chi connectivity index (χ4n) is 0.742. The normalized spacial score (nSPS) is 18.5. The average molecular weight is 220 g/mol. The lowest BCUT2D eigenvalue weighted by Crippen LogP contribution is -2.17. The van der Waals surface area contributed by atoms with E-state index in [9.17, 15) is 0 Å². The van der Waals surface area contributed by atoms with Gasteiger partial charge in [0, 0.05) is 0 Å². The molecule has 0 amide bonds. The SMILES string of the molecule is CP(C[P@@](C)C(C)(C)C)C(C)(C)C. The van der Waals surface area contributed by atoms with Crippen molar-refractivity contribution in [3.63, 3.8) is 0 Å². The van der Waals surface area contributed by atoms with Crippen LogP contribution in [0.3, 0.4) is 0 Å². The molecule has 0 aromatic carbocycles. The summed E-state index contributed by atoms with van der Waals surface area (Å²) in [4.78, 5) is 0. The van der Waals surface area contributed by atoms with E-state index in [-0.39, 0.29) is 15.8 Å². The van der Waals surface area contributed by atoms with E-state index in [1.165, 1.54) is 5.90 Å². The Balaban J connectivity index is 4.15. The molecule has 0 rings (SSSR count). The minimum absolute atomic E-state index is 0.204. The molecule has 0 N–H and O–H groups in total. The fourth-order valence-corrected chi connectivity index (χ4v) is 6.68. The lowest BCUT2D eigenvalue weighted by Gasteiger charge is -2.35. The van der Waals surface area contributed by atoms with Gasteiger partial charge in [-0.1, -0.05) is 57.4 Å². The summed E-state index contributed by atoms with van der Waals surface area (Å²) < 4.78 is 0. The number of hydrogen-bond donors (Lipinski definition) is 0. The van der Waals surface area contributed by atoms with Crippen LogP contribution in [0.25, 0.3) is 0 Å². The lowest BCUT2D eigenvalue weighted by atomic mass is 10.3. The van der Waals surface area contributed by atoms with E-state index in [0.717, 1.165) is 0 Å². The Morgan fingerprint density at radius 3 is 1.08 bits per heavy atom. The Hall–Kier alpha value is 0.860. The molecule has 0 saturated carbocycles. The van der Waals surface area contributed by atoms with Gasteiger partial charge >= 0.3 is 0 Å². The van der Waals surface area contributed by atoms with Crippen molar-refractivity contribution >= 4 is 15.8 Å². The first-order chi connectivity index (χ1) is 5.55. The molecule has 0 aliphatic heterocycles. The summed E-state index contributed by atoms with van der Waals surface area (Å²) in [6.45, 7) is 19.2. The van der Waals surface area contributed by atoms with Gasteiger partial charge in [-0.15, -0.1) is 0 Å².